The van der Waals surface area contributed by atoms with Gasteiger partial charge in [0.1, 0.15) is 4.99 Å². The lowest BCUT2D eigenvalue weighted by molar-refractivity contribution is 0.141. The topological polar surface area (TPSA) is 49.6 Å². The second-order valence-electron chi connectivity index (χ2n) is 5.87. The number of carbonyl (C=O) groups is 1. The van der Waals surface area contributed by atoms with Crippen LogP contribution in [0.5, 0.6) is 0 Å². The number of benzene rings is 1. The molecule has 21 heavy (non-hydrogen) atoms. The van der Waals surface area contributed by atoms with Gasteiger partial charge in [-0.2, -0.15) is 0 Å². The van der Waals surface area contributed by atoms with Crippen molar-refractivity contribution >= 4 is 23.2 Å². The van der Waals surface area contributed by atoms with Crippen molar-refractivity contribution < 1.29 is 4.79 Å². The molecule has 0 spiro atoms. The van der Waals surface area contributed by atoms with E-state index in [1.165, 1.54) is 0 Å². The average molecular weight is 305 g/mol. The molecular formula is C16H23N3OS. The smallest absolute Gasteiger partial charge is 0.320 e. The molecular weight excluding hydrogens is 282 g/mol. The highest BCUT2D eigenvalue weighted by Crippen LogP contribution is 2.17. The Morgan fingerprint density at radius 1 is 1.43 bits per heavy atom. The summed E-state index contributed by atoms with van der Waals surface area (Å²) in [4.78, 5) is 16.5. The molecule has 1 aliphatic rings. The zero-order chi connectivity index (χ0) is 15.4. The number of piperidine rings is 1. The van der Waals surface area contributed by atoms with Gasteiger partial charge in [-0.05, 0) is 30.4 Å². The molecule has 114 valence electrons. The van der Waals surface area contributed by atoms with E-state index in [4.69, 9.17) is 18.0 Å². The number of amides is 2. The highest BCUT2D eigenvalue weighted by atomic mass is 32.1. The van der Waals surface area contributed by atoms with Gasteiger partial charge in [0, 0.05) is 32.2 Å². The molecule has 0 saturated carbocycles. The van der Waals surface area contributed by atoms with E-state index in [1.807, 2.05) is 36.2 Å². The van der Waals surface area contributed by atoms with Crippen LogP contribution in [0.4, 0.5) is 4.79 Å². The van der Waals surface area contributed by atoms with Gasteiger partial charge in [-0.1, -0.05) is 37.3 Å². The summed E-state index contributed by atoms with van der Waals surface area (Å²) in [6.45, 7) is 4.53. The Kier molecular flexibility index (Phi) is 5.17. The number of thiocarbonyl (C=S) groups is 1. The van der Waals surface area contributed by atoms with Gasteiger partial charge in [0.25, 0.3) is 0 Å². The van der Waals surface area contributed by atoms with E-state index in [0.29, 0.717) is 11.5 Å². The fourth-order valence-corrected chi connectivity index (χ4v) is 2.73. The van der Waals surface area contributed by atoms with Gasteiger partial charge in [-0.15, -0.1) is 0 Å². The third kappa shape index (κ3) is 4.17. The zero-order valence-corrected chi connectivity index (χ0v) is 13.5. The normalized spacial score (nSPS) is 15.8. The van der Waals surface area contributed by atoms with Gasteiger partial charge in [-0.25, -0.2) is 4.79 Å². The number of nitrogens with zero attached hydrogens (tertiary/aromatic N) is 2. The first-order valence-electron chi connectivity index (χ1n) is 7.36. The van der Waals surface area contributed by atoms with Crippen LogP contribution in [-0.4, -0.2) is 41.0 Å². The van der Waals surface area contributed by atoms with Crippen LogP contribution in [0.15, 0.2) is 24.3 Å². The molecule has 5 heteroatoms. The molecule has 0 atom stereocenters. The first-order valence-corrected chi connectivity index (χ1v) is 7.77. The molecule has 0 aliphatic carbocycles. The van der Waals surface area contributed by atoms with Crippen LogP contribution >= 0.6 is 12.2 Å². The molecule has 1 aromatic carbocycles. The SMILES string of the molecule is CC1CCN(C(=O)N(C)Cc2cccc(C(N)=S)c2)CC1. The molecule has 2 N–H and O–H groups in total. The Labute approximate surface area is 131 Å². The van der Waals surface area contributed by atoms with Crippen LogP contribution in [0.1, 0.15) is 30.9 Å². The molecule has 1 saturated heterocycles. The number of urea groups is 1. The van der Waals surface area contributed by atoms with E-state index >= 15 is 0 Å². The number of carbonyl (C=O) groups excluding carboxylic acids is 1. The van der Waals surface area contributed by atoms with Gasteiger partial charge < -0.3 is 15.5 Å². The second kappa shape index (κ2) is 6.89. The van der Waals surface area contributed by atoms with Crippen molar-refractivity contribution in [2.75, 3.05) is 20.1 Å². The van der Waals surface area contributed by atoms with Gasteiger partial charge in [0.05, 0.1) is 0 Å². The van der Waals surface area contributed by atoms with Crippen molar-refractivity contribution in [1.82, 2.24) is 9.80 Å². The quantitative estimate of drug-likeness (QED) is 0.873. The van der Waals surface area contributed by atoms with Crippen molar-refractivity contribution in [3.63, 3.8) is 0 Å². The zero-order valence-electron chi connectivity index (χ0n) is 12.7. The maximum Gasteiger partial charge on any atom is 0.320 e. The van der Waals surface area contributed by atoms with Gasteiger partial charge >= 0.3 is 6.03 Å². The first kappa shape index (κ1) is 15.8. The lowest BCUT2D eigenvalue weighted by Gasteiger charge is -2.33. The van der Waals surface area contributed by atoms with E-state index in [0.717, 1.165) is 43.0 Å². The van der Waals surface area contributed by atoms with Crippen molar-refractivity contribution in [1.29, 1.82) is 0 Å². The van der Waals surface area contributed by atoms with E-state index in [-0.39, 0.29) is 6.03 Å². The molecule has 1 aromatic rings. The van der Waals surface area contributed by atoms with Crippen molar-refractivity contribution in [2.45, 2.75) is 26.3 Å². The number of hydrogen-bond donors (Lipinski definition) is 1. The molecule has 1 aliphatic heterocycles. The number of likely N-dealkylation sites (tertiary alicyclic amines) is 1. The molecule has 4 nitrogen and oxygen atoms in total. The molecule has 1 fully saturated rings. The number of nitrogens with two attached hydrogens (primary N) is 1. The summed E-state index contributed by atoms with van der Waals surface area (Å²) in [6, 6.07) is 7.85. The Morgan fingerprint density at radius 2 is 2.10 bits per heavy atom. The van der Waals surface area contributed by atoms with Gasteiger partial charge in [0.2, 0.25) is 0 Å². The molecule has 2 amide bonds. The summed E-state index contributed by atoms with van der Waals surface area (Å²) in [5, 5.41) is 0. The molecule has 0 radical (unpaired) electrons. The third-order valence-corrected chi connectivity index (χ3v) is 4.25. The Morgan fingerprint density at radius 3 is 2.71 bits per heavy atom. The van der Waals surface area contributed by atoms with Crippen LogP contribution < -0.4 is 5.73 Å². The van der Waals surface area contributed by atoms with Crippen LogP contribution in [0.25, 0.3) is 0 Å². The van der Waals surface area contributed by atoms with Gasteiger partial charge in [-0.3, -0.25) is 0 Å². The van der Waals surface area contributed by atoms with Crippen LogP contribution in [0.3, 0.4) is 0 Å². The molecule has 1 heterocycles. The molecule has 0 aromatic heterocycles. The summed E-state index contributed by atoms with van der Waals surface area (Å²) >= 11 is 4.99. The Hall–Kier alpha value is -1.62. The highest BCUT2D eigenvalue weighted by molar-refractivity contribution is 7.80. The van der Waals surface area contributed by atoms with E-state index in [2.05, 4.69) is 6.92 Å². The van der Waals surface area contributed by atoms with Crippen LogP contribution in [0, 0.1) is 5.92 Å². The van der Waals surface area contributed by atoms with E-state index < -0.39 is 0 Å². The summed E-state index contributed by atoms with van der Waals surface area (Å²) in [7, 11) is 1.84. The summed E-state index contributed by atoms with van der Waals surface area (Å²) < 4.78 is 0. The maximum absolute atomic E-state index is 12.4. The lowest BCUT2D eigenvalue weighted by atomic mass is 9.99. The molecule has 0 unspecified atom stereocenters. The molecule has 2 rings (SSSR count). The predicted molar refractivity (Wildman–Crippen MR) is 89.2 cm³/mol. The number of hydrogen-bond acceptors (Lipinski definition) is 2. The van der Waals surface area contributed by atoms with E-state index in [1.54, 1.807) is 4.90 Å². The maximum atomic E-state index is 12.4. The summed E-state index contributed by atoms with van der Waals surface area (Å²) in [5.41, 5.74) is 7.53. The van der Waals surface area contributed by atoms with Crippen LogP contribution in [0.2, 0.25) is 0 Å². The predicted octanol–water partition coefficient (Wildman–Crippen LogP) is 2.60. The molecule has 0 bridgehead atoms. The van der Waals surface area contributed by atoms with Crippen molar-refractivity contribution in [2.24, 2.45) is 11.7 Å². The van der Waals surface area contributed by atoms with Crippen molar-refractivity contribution in [3.8, 4) is 0 Å². The van der Waals surface area contributed by atoms with Crippen molar-refractivity contribution in [3.05, 3.63) is 35.4 Å². The Bertz CT molecular complexity index is 524. The van der Waals surface area contributed by atoms with Crippen LogP contribution in [-0.2, 0) is 6.54 Å². The third-order valence-electron chi connectivity index (χ3n) is 4.01. The minimum Gasteiger partial charge on any atom is -0.389 e. The second-order valence-corrected chi connectivity index (χ2v) is 6.31. The monoisotopic (exact) mass is 305 g/mol. The fraction of sp³-hybridized carbons (Fsp3) is 0.500. The minimum atomic E-state index is 0.0997. The average Bonchev–Trinajstić information content (AvgIpc) is 2.47. The summed E-state index contributed by atoms with van der Waals surface area (Å²) in [6.07, 6.45) is 2.19. The minimum absolute atomic E-state index is 0.0997. The highest BCUT2D eigenvalue weighted by Gasteiger charge is 2.22. The number of rotatable bonds is 3. The van der Waals surface area contributed by atoms with E-state index in [9.17, 15) is 4.79 Å². The largest absolute Gasteiger partial charge is 0.389 e. The lowest BCUT2D eigenvalue weighted by Crippen LogP contribution is -2.44. The Balaban J connectivity index is 1.97. The first-order chi connectivity index (χ1) is 9.97. The van der Waals surface area contributed by atoms with Gasteiger partial charge in [0.15, 0.2) is 0 Å². The fourth-order valence-electron chi connectivity index (χ4n) is 2.61. The summed E-state index contributed by atoms with van der Waals surface area (Å²) in [5.74, 6) is 0.724. The standard InChI is InChI=1S/C16H23N3OS/c1-12-6-8-19(9-7-12)16(20)18(2)11-13-4-3-5-14(10-13)15(17)21/h3-5,10,12H,6-9,11H2,1-2H3,(H2,17,21).